The van der Waals surface area contributed by atoms with Gasteiger partial charge in [0.1, 0.15) is 0 Å². The van der Waals surface area contributed by atoms with Crippen molar-refractivity contribution < 1.29 is 17.9 Å². The molecule has 2 aromatic rings. The second kappa shape index (κ2) is 12.1. The van der Waals surface area contributed by atoms with E-state index in [1.165, 1.54) is 4.31 Å². The minimum absolute atomic E-state index is 0.194. The molecule has 0 radical (unpaired) electrons. The number of rotatable bonds is 11. The maximum atomic E-state index is 13.3. The Hall–Kier alpha value is -2.26. The summed E-state index contributed by atoms with van der Waals surface area (Å²) in [4.78, 5) is 15.1. The third-order valence-electron chi connectivity index (χ3n) is 5.55. The summed E-state index contributed by atoms with van der Waals surface area (Å²) in [6.07, 6.45) is 1.36. The molecule has 1 fully saturated rings. The molecule has 8 heteroatoms. The molecule has 0 bridgehead atoms. The number of carbonyl (C=O) groups excluding carboxylic acids is 1. The second-order valence-electron chi connectivity index (χ2n) is 8.04. The van der Waals surface area contributed by atoms with E-state index in [1.807, 2.05) is 37.3 Å². The number of amides is 1. The molecule has 1 aliphatic heterocycles. The number of hydrogen-bond donors (Lipinski definition) is 1. The van der Waals surface area contributed by atoms with Crippen LogP contribution in [0.5, 0.6) is 0 Å². The molecule has 0 unspecified atom stereocenters. The molecule has 1 saturated heterocycles. The molecular formula is C24H33N3O4S. The molecule has 7 nitrogen and oxygen atoms in total. The fourth-order valence-corrected chi connectivity index (χ4v) is 5.01. The molecule has 32 heavy (non-hydrogen) atoms. The summed E-state index contributed by atoms with van der Waals surface area (Å²) in [7, 11) is -3.78. The van der Waals surface area contributed by atoms with Crippen molar-refractivity contribution in [3.63, 3.8) is 0 Å². The molecule has 0 aliphatic carbocycles. The summed E-state index contributed by atoms with van der Waals surface area (Å²) in [5, 5.41) is 2.88. The quantitative estimate of drug-likeness (QED) is 0.521. The predicted octanol–water partition coefficient (Wildman–Crippen LogP) is 2.07. The molecule has 0 saturated carbocycles. The number of benzene rings is 2. The highest BCUT2D eigenvalue weighted by Gasteiger charge is 2.26. The summed E-state index contributed by atoms with van der Waals surface area (Å²) in [5.41, 5.74) is 2.01. The average molecular weight is 460 g/mol. The fraction of sp³-hybridized carbons (Fsp3) is 0.458. The Kier molecular flexibility index (Phi) is 9.23. The average Bonchev–Trinajstić information content (AvgIpc) is 2.81. The second-order valence-corrected chi connectivity index (χ2v) is 9.98. The number of sulfonamides is 1. The van der Waals surface area contributed by atoms with Gasteiger partial charge in [0.25, 0.3) is 0 Å². The fourth-order valence-electron chi connectivity index (χ4n) is 3.61. The molecule has 2 aromatic carbocycles. The van der Waals surface area contributed by atoms with Crippen LogP contribution in [0.15, 0.2) is 59.5 Å². The van der Waals surface area contributed by atoms with Crippen LogP contribution in [0.3, 0.4) is 0 Å². The lowest BCUT2D eigenvalue weighted by molar-refractivity contribution is -0.121. The third-order valence-corrected chi connectivity index (χ3v) is 7.41. The molecular weight excluding hydrogens is 426 g/mol. The normalized spacial score (nSPS) is 15.1. The SMILES string of the molecule is Cc1ccc(S(=O)(=O)N(CCc2ccccc2)CC(=O)NCCCN2CCOCC2)cc1. The minimum Gasteiger partial charge on any atom is -0.379 e. The van der Waals surface area contributed by atoms with Gasteiger partial charge in [-0.25, -0.2) is 8.42 Å². The topological polar surface area (TPSA) is 79.0 Å². The van der Waals surface area contributed by atoms with Gasteiger partial charge in [-0.2, -0.15) is 4.31 Å². The number of hydrogen-bond acceptors (Lipinski definition) is 5. The lowest BCUT2D eigenvalue weighted by atomic mass is 10.1. The summed E-state index contributed by atoms with van der Waals surface area (Å²) in [6.45, 7) is 6.69. The van der Waals surface area contributed by atoms with E-state index < -0.39 is 10.0 Å². The van der Waals surface area contributed by atoms with Crippen LogP contribution in [0.1, 0.15) is 17.5 Å². The van der Waals surface area contributed by atoms with E-state index in [2.05, 4.69) is 10.2 Å². The van der Waals surface area contributed by atoms with Crippen LogP contribution < -0.4 is 5.32 Å². The van der Waals surface area contributed by atoms with Gasteiger partial charge in [-0.15, -0.1) is 0 Å². The summed E-state index contributed by atoms with van der Waals surface area (Å²) in [6, 6.07) is 16.4. The van der Waals surface area contributed by atoms with Gasteiger partial charge >= 0.3 is 0 Å². The molecule has 1 amide bonds. The standard InChI is InChI=1S/C24H33N3O4S/c1-21-8-10-23(11-9-21)32(29,30)27(15-12-22-6-3-2-4-7-22)20-24(28)25-13-5-14-26-16-18-31-19-17-26/h2-4,6-11H,5,12-20H2,1H3,(H,25,28). The highest BCUT2D eigenvalue weighted by Crippen LogP contribution is 2.17. The maximum absolute atomic E-state index is 13.3. The van der Waals surface area contributed by atoms with Crippen molar-refractivity contribution in [2.75, 3.05) is 52.5 Å². The van der Waals surface area contributed by atoms with E-state index in [1.54, 1.807) is 24.3 Å². The van der Waals surface area contributed by atoms with Crippen molar-refractivity contribution >= 4 is 15.9 Å². The van der Waals surface area contributed by atoms with Gasteiger partial charge in [-0.1, -0.05) is 48.0 Å². The van der Waals surface area contributed by atoms with E-state index in [-0.39, 0.29) is 23.9 Å². The summed E-state index contributed by atoms with van der Waals surface area (Å²) >= 11 is 0. The maximum Gasteiger partial charge on any atom is 0.243 e. The molecule has 1 heterocycles. The van der Waals surface area contributed by atoms with Crippen LogP contribution in [0, 0.1) is 6.92 Å². The first-order chi connectivity index (χ1) is 15.4. The Morgan fingerprint density at radius 2 is 1.75 bits per heavy atom. The molecule has 174 valence electrons. The van der Waals surface area contributed by atoms with Crippen molar-refractivity contribution in [2.24, 2.45) is 0 Å². The van der Waals surface area contributed by atoms with Crippen LogP contribution in [-0.2, 0) is 26.0 Å². The zero-order valence-electron chi connectivity index (χ0n) is 18.7. The van der Waals surface area contributed by atoms with Crippen molar-refractivity contribution in [3.05, 3.63) is 65.7 Å². The van der Waals surface area contributed by atoms with Crippen LogP contribution in [0.25, 0.3) is 0 Å². The number of carbonyl (C=O) groups is 1. The molecule has 0 aromatic heterocycles. The number of aryl methyl sites for hydroxylation is 1. The largest absolute Gasteiger partial charge is 0.379 e. The first-order valence-corrected chi connectivity index (χ1v) is 12.6. The highest BCUT2D eigenvalue weighted by atomic mass is 32.2. The Morgan fingerprint density at radius 3 is 2.44 bits per heavy atom. The first kappa shape index (κ1) is 24.4. The van der Waals surface area contributed by atoms with Gasteiger partial charge in [0.2, 0.25) is 15.9 Å². The van der Waals surface area contributed by atoms with Crippen molar-refractivity contribution in [1.29, 1.82) is 0 Å². The van der Waals surface area contributed by atoms with Gasteiger partial charge in [-0.3, -0.25) is 9.69 Å². The minimum atomic E-state index is -3.78. The molecule has 0 spiro atoms. The summed E-state index contributed by atoms with van der Waals surface area (Å²) < 4.78 is 33.2. The molecule has 0 atom stereocenters. The Morgan fingerprint density at radius 1 is 1.06 bits per heavy atom. The van der Waals surface area contributed by atoms with Crippen LogP contribution in [-0.4, -0.2) is 76.0 Å². The Balaban J connectivity index is 1.59. The van der Waals surface area contributed by atoms with Crippen LogP contribution in [0.2, 0.25) is 0 Å². The first-order valence-electron chi connectivity index (χ1n) is 11.1. The number of nitrogens with one attached hydrogen (secondary N) is 1. The molecule has 3 rings (SSSR count). The Bertz CT molecular complexity index is 943. The monoisotopic (exact) mass is 459 g/mol. The Labute approximate surface area is 191 Å². The van der Waals surface area contributed by atoms with Crippen molar-refractivity contribution in [3.8, 4) is 0 Å². The van der Waals surface area contributed by atoms with Crippen molar-refractivity contribution in [2.45, 2.75) is 24.7 Å². The van der Waals surface area contributed by atoms with Gasteiger partial charge in [0.15, 0.2) is 0 Å². The van der Waals surface area contributed by atoms with Gasteiger partial charge in [0, 0.05) is 26.2 Å². The van der Waals surface area contributed by atoms with Crippen LogP contribution in [0.4, 0.5) is 0 Å². The van der Waals surface area contributed by atoms with E-state index in [9.17, 15) is 13.2 Å². The number of morpholine rings is 1. The smallest absolute Gasteiger partial charge is 0.243 e. The highest BCUT2D eigenvalue weighted by molar-refractivity contribution is 7.89. The van der Waals surface area contributed by atoms with E-state index in [0.717, 1.165) is 50.4 Å². The molecule has 1 N–H and O–H groups in total. The lowest BCUT2D eigenvalue weighted by Gasteiger charge is -2.26. The zero-order chi connectivity index (χ0) is 22.8. The third kappa shape index (κ3) is 7.41. The van der Waals surface area contributed by atoms with Gasteiger partial charge < -0.3 is 10.1 Å². The van der Waals surface area contributed by atoms with Gasteiger partial charge in [-0.05, 0) is 44.0 Å². The van der Waals surface area contributed by atoms with E-state index in [4.69, 9.17) is 4.74 Å². The predicted molar refractivity (Wildman–Crippen MR) is 125 cm³/mol. The van der Waals surface area contributed by atoms with E-state index >= 15 is 0 Å². The molecule has 1 aliphatic rings. The van der Waals surface area contributed by atoms with Gasteiger partial charge in [0.05, 0.1) is 24.7 Å². The zero-order valence-corrected chi connectivity index (χ0v) is 19.5. The van der Waals surface area contributed by atoms with E-state index in [0.29, 0.717) is 13.0 Å². The van der Waals surface area contributed by atoms with Crippen LogP contribution >= 0.6 is 0 Å². The summed E-state index contributed by atoms with van der Waals surface area (Å²) in [5.74, 6) is -0.282. The number of nitrogens with zero attached hydrogens (tertiary/aromatic N) is 2. The van der Waals surface area contributed by atoms with Crippen molar-refractivity contribution in [1.82, 2.24) is 14.5 Å². The number of ether oxygens (including phenoxy) is 1. The lowest BCUT2D eigenvalue weighted by Crippen LogP contribution is -2.42.